The molecule has 2 aromatic heterocycles. The number of ether oxygens (including phenoxy) is 1. The number of likely N-dealkylation sites (tertiary alicyclic amines) is 1. The molecule has 1 saturated heterocycles. The van der Waals surface area contributed by atoms with Crippen molar-refractivity contribution in [3.63, 3.8) is 0 Å². The smallest absolute Gasteiger partial charge is 0.289 e. The molecule has 2 saturated carbocycles. The highest BCUT2D eigenvalue weighted by atomic mass is 35.5. The molecular formula is C40H53ClN8O6. The van der Waals surface area contributed by atoms with Gasteiger partial charge in [0.1, 0.15) is 24.2 Å². The van der Waals surface area contributed by atoms with Gasteiger partial charge in [-0.2, -0.15) is 0 Å². The highest BCUT2D eigenvalue weighted by molar-refractivity contribution is 6.38. The molecule has 6 rings (SSSR count). The number of pyridine rings is 1. The number of nitrogens with one attached hydrogen (secondary N) is 5. The number of hydrogen-bond acceptors (Lipinski definition) is 9. The van der Waals surface area contributed by atoms with E-state index in [2.05, 4.69) is 36.2 Å². The number of carbonyl (C=O) groups excluding carboxylic acids is 5. The maximum atomic E-state index is 14.8. The first-order valence-corrected chi connectivity index (χ1v) is 19.9. The molecule has 2 aliphatic carbocycles. The van der Waals surface area contributed by atoms with Gasteiger partial charge in [-0.15, -0.1) is 0 Å². The Labute approximate surface area is 326 Å². The van der Waals surface area contributed by atoms with E-state index in [1.165, 1.54) is 11.1 Å². The Kier molecular flexibility index (Phi) is 12.6. The summed E-state index contributed by atoms with van der Waals surface area (Å²) >= 11 is 6.04. The molecule has 3 fully saturated rings. The molecule has 14 nitrogen and oxygen atoms in total. The van der Waals surface area contributed by atoms with E-state index in [0.717, 1.165) is 56.0 Å². The third-order valence-electron chi connectivity index (χ3n) is 10.7. The van der Waals surface area contributed by atoms with Crippen LogP contribution in [0.15, 0.2) is 42.6 Å². The van der Waals surface area contributed by atoms with Crippen LogP contribution in [0, 0.1) is 11.3 Å². The number of para-hydroxylation sites is 2. The topological polar surface area (TPSA) is 188 Å². The van der Waals surface area contributed by atoms with Crippen LogP contribution in [0.3, 0.4) is 0 Å². The van der Waals surface area contributed by atoms with Crippen molar-refractivity contribution in [2.24, 2.45) is 11.3 Å². The van der Waals surface area contributed by atoms with E-state index in [9.17, 15) is 24.0 Å². The van der Waals surface area contributed by atoms with Crippen LogP contribution in [0.2, 0.25) is 5.02 Å². The van der Waals surface area contributed by atoms with Crippen LogP contribution in [-0.4, -0.2) is 92.1 Å². The van der Waals surface area contributed by atoms with Crippen molar-refractivity contribution in [1.82, 2.24) is 35.8 Å². The molecule has 5 N–H and O–H groups in total. The van der Waals surface area contributed by atoms with Crippen molar-refractivity contribution in [3.05, 3.63) is 47.6 Å². The number of nitrogens with zero attached hydrogens (tertiary/aromatic N) is 3. The van der Waals surface area contributed by atoms with Crippen LogP contribution >= 0.6 is 11.6 Å². The number of fused-ring (bicyclic) bond motifs is 1. The predicted molar refractivity (Wildman–Crippen MR) is 208 cm³/mol. The van der Waals surface area contributed by atoms with Gasteiger partial charge < -0.3 is 35.9 Å². The van der Waals surface area contributed by atoms with Gasteiger partial charge in [-0.05, 0) is 61.6 Å². The lowest BCUT2D eigenvalue weighted by molar-refractivity contribution is -0.145. The standard InChI is InChI=1S/C40H53ClN8O6/c1-5-11-29(33(50)37(53)43-25-17-18-25)44-35(51)30-20-26(55-31-19-16-24(41)21-42-31)22-49(30)38(54)34(40(2,3)4)48-36(52)32(23-12-7-6-8-13-23)47-39-45-27-14-9-10-15-28(27)46-39/h9-10,14-16,19,21,23,25-26,29-30,32,34H,5-8,11-13,17-18,20,22H2,1-4H3,(H,43,53)(H,44,51)(H,48,52)(H2,45,46,47)/t26?,29?,30-,32+,34+/m1/s1. The zero-order valence-corrected chi connectivity index (χ0v) is 32.8. The van der Waals surface area contributed by atoms with Crippen molar-refractivity contribution < 1.29 is 28.7 Å². The second-order valence-corrected chi connectivity index (χ2v) is 16.6. The number of imidazole rings is 1. The minimum absolute atomic E-state index is 0.0119. The summed E-state index contributed by atoms with van der Waals surface area (Å²) in [7, 11) is 0. The number of hydrogen-bond donors (Lipinski definition) is 5. The molecule has 15 heteroatoms. The Balaban J connectivity index is 1.25. The molecule has 55 heavy (non-hydrogen) atoms. The lowest BCUT2D eigenvalue weighted by Crippen LogP contribution is -2.61. The molecule has 3 aromatic rings. The van der Waals surface area contributed by atoms with E-state index in [1.54, 1.807) is 12.1 Å². The molecule has 3 heterocycles. The van der Waals surface area contributed by atoms with Crippen LogP contribution in [0.25, 0.3) is 11.0 Å². The number of ketones is 1. The summed E-state index contributed by atoms with van der Waals surface area (Å²) in [4.78, 5) is 83.0. The molecule has 296 valence electrons. The van der Waals surface area contributed by atoms with Crippen molar-refractivity contribution in [2.75, 3.05) is 11.9 Å². The first kappa shape index (κ1) is 40.0. The molecule has 5 atom stereocenters. The lowest BCUT2D eigenvalue weighted by Gasteiger charge is -2.37. The Morgan fingerprint density at radius 3 is 2.40 bits per heavy atom. The number of rotatable bonds is 15. The number of amides is 4. The minimum Gasteiger partial charge on any atom is -0.472 e. The molecule has 0 radical (unpaired) electrons. The summed E-state index contributed by atoms with van der Waals surface area (Å²) in [6, 6.07) is 7.01. The fourth-order valence-corrected chi connectivity index (χ4v) is 7.64. The van der Waals surface area contributed by atoms with Crippen molar-refractivity contribution in [2.45, 2.75) is 128 Å². The van der Waals surface area contributed by atoms with E-state index in [0.29, 0.717) is 17.4 Å². The number of halogens is 1. The van der Waals surface area contributed by atoms with Crippen molar-refractivity contribution >= 4 is 58.0 Å². The highest BCUT2D eigenvalue weighted by Crippen LogP contribution is 2.31. The Morgan fingerprint density at radius 2 is 1.75 bits per heavy atom. The van der Waals surface area contributed by atoms with Crippen LogP contribution in [-0.2, 0) is 24.0 Å². The quantitative estimate of drug-likeness (QED) is 0.137. The zero-order chi connectivity index (χ0) is 39.3. The Bertz CT molecular complexity index is 1820. The van der Waals surface area contributed by atoms with Crippen LogP contribution in [0.5, 0.6) is 5.88 Å². The van der Waals surface area contributed by atoms with E-state index in [-0.39, 0.29) is 43.1 Å². The summed E-state index contributed by atoms with van der Waals surface area (Å²) in [6.45, 7) is 7.47. The van der Waals surface area contributed by atoms with Gasteiger partial charge in [0.2, 0.25) is 35.3 Å². The molecule has 2 unspecified atom stereocenters. The lowest BCUT2D eigenvalue weighted by atomic mass is 9.82. The molecule has 1 aliphatic heterocycles. The maximum absolute atomic E-state index is 14.8. The summed E-state index contributed by atoms with van der Waals surface area (Å²) in [5.74, 6) is -2.08. The molecule has 0 spiro atoms. The highest BCUT2D eigenvalue weighted by Gasteiger charge is 2.47. The molecular weight excluding hydrogens is 724 g/mol. The summed E-state index contributed by atoms with van der Waals surface area (Å²) in [5, 5.41) is 12.4. The third-order valence-corrected chi connectivity index (χ3v) is 10.9. The number of Topliss-reactive ketones (excluding diaryl/α,β-unsaturated/α-hetero) is 1. The summed E-state index contributed by atoms with van der Waals surface area (Å²) in [6.07, 6.45) is 8.10. The van der Waals surface area contributed by atoms with Crippen LogP contribution in [0.4, 0.5) is 5.95 Å². The number of H-pyrrole nitrogens is 1. The summed E-state index contributed by atoms with van der Waals surface area (Å²) < 4.78 is 6.15. The second-order valence-electron chi connectivity index (χ2n) is 16.2. The SMILES string of the molecule is CCCC(NC(=O)[C@H]1CC(Oc2ccc(Cl)cn2)CN1C(=O)[C@H](NC(=O)[C@@H](Nc1nc2ccccc2[nH]1)C1CCCCC1)C(C)(C)C)C(=O)C(=O)NC1CC1. The Morgan fingerprint density at radius 1 is 1.00 bits per heavy atom. The minimum atomic E-state index is -1.07. The van der Waals surface area contributed by atoms with Crippen molar-refractivity contribution in [3.8, 4) is 5.88 Å². The first-order valence-electron chi connectivity index (χ1n) is 19.6. The molecule has 1 aromatic carbocycles. The van der Waals surface area contributed by atoms with Gasteiger partial charge in [-0.1, -0.05) is 77.1 Å². The van der Waals surface area contributed by atoms with E-state index < -0.39 is 59.2 Å². The average Bonchev–Trinajstić information content (AvgIpc) is 3.72. The maximum Gasteiger partial charge on any atom is 0.289 e. The fourth-order valence-electron chi connectivity index (χ4n) is 7.53. The molecule has 4 amide bonds. The number of carbonyl (C=O) groups is 5. The van der Waals surface area contributed by atoms with Gasteiger partial charge in [0, 0.05) is 24.7 Å². The molecule has 3 aliphatic rings. The van der Waals surface area contributed by atoms with Crippen LogP contribution < -0.4 is 26.0 Å². The van der Waals surface area contributed by atoms with Crippen LogP contribution in [0.1, 0.15) is 91.9 Å². The van der Waals surface area contributed by atoms with Crippen molar-refractivity contribution in [1.29, 1.82) is 0 Å². The second kappa shape index (κ2) is 17.4. The normalized spacial score (nSPS) is 20.6. The van der Waals surface area contributed by atoms with Gasteiger partial charge in [0.15, 0.2) is 0 Å². The van der Waals surface area contributed by atoms with Gasteiger partial charge >= 0.3 is 0 Å². The van der Waals surface area contributed by atoms with E-state index in [4.69, 9.17) is 16.3 Å². The van der Waals surface area contributed by atoms with E-state index >= 15 is 0 Å². The molecule has 0 bridgehead atoms. The predicted octanol–water partition coefficient (Wildman–Crippen LogP) is 4.68. The van der Waals surface area contributed by atoms with Gasteiger partial charge in [0.05, 0.1) is 28.6 Å². The first-order chi connectivity index (χ1) is 26.3. The number of benzene rings is 1. The fraction of sp³-hybridized carbons (Fsp3) is 0.575. The summed E-state index contributed by atoms with van der Waals surface area (Å²) in [5.41, 5.74) is 0.833. The average molecular weight is 777 g/mol. The number of aromatic nitrogens is 3. The van der Waals surface area contributed by atoms with Gasteiger partial charge in [-0.25, -0.2) is 9.97 Å². The zero-order valence-electron chi connectivity index (χ0n) is 32.0. The number of anilines is 1. The van der Waals surface area contributed by atoms with Gasteiger partial charge in [-0.3, -0.25) is 24.0 Å². The Hall–Kier alpha value is -4.72. The largest absolute Gasteiger partial charge is 0.472 e. The monoisotopic (exact) mass is 776 g/mol. The van der Waals surface area contributed by atoms with E-state index in [1.807, 2.05) is 52.0 Å². The number of aromatic amines is 1. The third kappa shape index (κ3) is 10.1. The van der Waals surface area contributed by atoms with Gasteiger partial charge in [0.25, 0.3) is 5.91 Å².